The summed E-state index contributed by atoms with van der Waals surface area (Å²) < 4.78 is 5.73. The summed E-state index contributed by atoms with van der Waals surface area (Å²) in [5.74, 6) is -1.03. The van der Waals surface area contributed by atoms with E-state index in [9.17, 15) is 9.59 Å². The molecule has 1 aromatic rings. The molecule has 0 spiro atoms. The van der Waals surface area contributed by atoms with Gasteiger partial charge < -0.3 is 15.4 Å². The SMILES string of the molecule is NC(=O)C(=O)N1CCC(Oc2cccnc2Cl)CC1. The zero-order valence-electron chi connectivity index (χ0n) is 10.2. The second-order valence-electron chi connectivity index (χ2n) is 4.27. The Labute approximate surface area is 115 Å². The van der Waals surface area contributed by atoms with Crippen molar-refractivity contribution >= 4 is 23.4 Å². The fourth-order valence-corrected chi connectivity index (χ4v) is 2.14. The minimum atomic E-state index is -0.922. The first-order valence-electron chi connectivity index (χ1n) is 5.94. The van der Waals surface area contributed by atoms with Crippen molar-refractivity contribution in [3.8, 4) is 5.75 Å². The monoisotopic (exact) mass is 283 g/mol. The quantitative estimate of drug-likeness (QED) is 0.636. The molecule has 2 N–H and O–H groups in total. The third-order valence-corrected chi connectivity index (χ3v) is 3.24. The molecule has 0 radical (unpaired) electrons. The van der Waals surface area contributed by atoms with Gasteiger partial charge in [-0.25, -0.2) is 4.98 Å². The lowest BCUT2D eigenvalue weighted by molar-refractivity contribution is -0.145. The third kappa shape index (κ3) is 3.35. The van der Waals surface area contributed by atoms with Crippen LogP contribution in [-0.4, -0.2) is 40.9 Å². The van der Waals surface area contributed by atoms with E-state index in [1.165, 1.54) is 4.90 Å². The summed E-state index contributed by atoms with van der Waals surface area (Å²) in [6.45, 7) is 0.897. The molecule has 0 bridgehead atoms. The van der Waals surface area contributed by atoms with Crippen molar-refractivity contribution in [3.05, 3.63) is 23.5 Å². The van der Waals surface area contributed by atoms with Crippen LogP contribution in [0.1, 0.15) is 12.8 Å². The second-order valence-corrected chi connectivity index (χ2v) is 4.62. The Hall–Kier alpha value is -1.82. The van der Waals surface area contributed by atoms with E-state index in [2.05, 4.69) is 4.98 Å². The lowest BCUT2D eigenvalue weighted by Crippen LogP contribution is -2.46. The number of nitrogens with zero attached hydrogens (tertiary/aromatic N) is 2. The lowest BCUT2D eigenvalue weighted by Gasteiger charge is -2.31. The molecule has 1 saturated heterocycles. The molecule has 7 heteroatoms. The van der Waals surface area contributed by atoms with Crippen LogP contribution >= 0.6 is 11.6 Å². The number of carbonyl (C=O) groups excluding carboxylic acids is 2. The largest absolute Gasteiger partial charge is 0.487 e. The Morgan fingerprint density at radius 3 is 2.68 bits per heavy atom. The molecule has 1 aliphatic rings. The highest BCUT2D eigenvalue weighted by molar-refractivity contribution is 6.34. The molecule has 0 aliphatic carbocycles. The highest BCUT2D eigenvalue weighted by Gasteiger charge is 2.26. The smallest absolute Gasteiger partial charge is 0.311 e. The second kappa shape index (κ2) is 5.88. The van der Waals surface area contributed by atoms with E-state index in [-0.39, 0.29) is 6.10 Å². The van der Waals surface area contributed by atoms with Crippen LogP contribution in [0.2, 0.25) is 5.15 Å². The van der Waals surface area contributed by atoms with E-state index in [4.69, 9.17) is 22.1 Å². The van der Waals surface area contributed by atoms with Gasteiger partial charge in [0.2, 0.25) is 0 Å². The number of nitrogens with two attached hydrogens (primary N) is 1. The van der Waals surface area contributed by atoms with Crippen molar-refractivity contribution < 1.29 is 14.3 Å². The van der Waals surface area contributed by atoms with Crippen LogP contribution in [0, 0.1) is 0 Å². The minimum Gasteiger partial charge on any atom is -0.487 e. The van der Waals surface area contributed by atoms with Gasteiger partial charge in [0.15, 0.2) is 10.9 Å². The number of primary amides is 1. The van der Waals surface area contributed by atoms with Gasteiger partial charge in [0.1, 0.15) is 6.10 Å². The van der Waals surface area contributed by atoms with E-state index >= 15 is 0 Å². The van der Waals surface area contributed by atoms with E-state index in [1.54, 1.807) is 18.3 Å². The number of carbonyl (C=O) groups is 2. The molecule has 2 amide bonds. The molecule has 0 unspecified atom stereocenters. The molecule has 0 atom stereocenters. The van der Waals surface area contributed by atoms with Gasteiger partial charge in [-0.05, 0) is 12.1 Å². The summed E-state index contributed by atoms with van der Waals surface area (Å²) in [6, 6.07) is 3.49. The molecular weight excluding hydrogens is 270 g/mol. The predicted octanol–water partition coefficient (Wildman–Crippen LogP) is 0.590. The summed E-state index contributed by atoms with van der Waals surface area (Å²) >= 11 is 5.90. The number of hydrogen-bond donors (Lipinski definition) is 1. The van der Waals surface area contributed by atoms with Crippen molar-refractivity contribution in [2.75, 3.05) is 13.1 Å². The Morgan fingerprint density at radius 1 is 1.42 bits per heavy atom. The average Bonchev–Trinajstić information content (AvgIpc) is 2.41. The molecule has 1 fully saturated rings. The number of pyridine rings is 1. The maximum atomic E-state index is 11.4. The van der Waals surface area contributed by atoms with Crippen LogP contribution in [0.4, 0.5) is 0 Å². The molecule has 1 aliphatic heterocycles. The maximum absolute atomic E-state index is 11.4. The van der Waals surface area contributed by atoms with Crippen molar-refractivity contribution in [1.82, 2.24) is 9.88 Å². The summed E-state index contributed by atoms with van der Waals surface area (Å²) in [4.78, 5) is 27.5. The van der Waals surface area contributed by atoms with Crippen LogP contribution in [0.25, 0.3) is 0 Å². The number of ether oxygens (including phenoxy) is 1. The van der Waals surface area contributed by atoms with Crippen LogP contribution in [0.15, 0.2) is 18.3 Å². The number of piperidine rings is 1. The van der Waals surface area contributed by atoms with Crippen molar-refractivity contribution in [2.24, 2.45) is 5.73 Å². The van der Waals surface area contributed by atoms with E-state index in [0.29, 0.717) is 36.8 Å². The van der Waals surface area contributed by atoms with E-state index in [1.807, 2.05) is 0 Å². The number of amides is 2. The molecule has 2 heterocycles. The molecule has 2 rings (SSSR count). The number of likely N-dealkylation sites (tertiary alicyclic amines) is 1. The van der Waals surface area contributed by atoms with E-state index < -0.39 is 11.8 Å². The molecule has 102 valence electrons. The Balaban J connectivity index is 1.89. The molecule has 0 saturated carbocycles. The first kappa shape index (κ1) is 13.6. The minimum absolute atomic E-state index is 0.0429. The zero-order chi connectivity index (χ0) is 13.8. The molecule has 6 nitrogen and oxygen atoms in total. The molecular formula is C12H14ClN3O3. The fourth-order valence-electron chi connectivity index (χ4n) is 1.97. The first-order valence-corrected chi connectivity index (χ1v) is 6.31. The zero-order valence-corrected chi connectivity index (χ0v) is 11.0. The van der Waals surface area contributed by atoms with Crippen LogP contribution < -0.4 is 10.5 Å². The number of rotatable bonds is 2. The van der Waals surface area contributed by atoms with Crippen molar-refractivity contribution in [3.63, 3.8) is 0 Å². The highest BCUT2D eigenvalue weighted by Crippen LogP contribution is 2.24. The van der Waals surface area contributed by atoms with Gasteiger partial charge in [0, 0.05) is 32.1 Å². The molecule has 19 heavy (non-hydrogen) atoms. The third-order valence-electron chi connectivity index (χ3n) is 2.96. The van der Waals surface area contributed by atoms with Gasteiger partial charge in [0.05, 0.1) is 0 Å². The van der Waals surface area contributed by atoms with Crippen molar-refractivity contribution in [1.29, 1.82) is 0 Å². The van der Waals surface area contributed by atoms with E-state index in [0.717, 1.165) is 0 Å². The molecule has 0 aromatic carbocycles. The van der Waals surface area contributed by atoms with Crippen LogP contribution in [0.5, 0.6) is 5.75 Å². The van der Waals surface area contributed by atoms with Gasteiger partial charge in [-0.3, -0.25) is 9.59 Å². The average molecular weight is 284 g/mol. The summed E-state index contributed by atoms with van der Waals surface area (Å²) in [5.41, 5.74) is 4.96. The predicted molar refractivity (Wildman–Crippen MR) is 68.7 cm³/mol. The number of hydrogen-bond acceptors (Lipinski definition) is 4. The Bertz CT molecular complexity index is 487. The molecule has 1 aromatic heterocycles. The Morgan fingerprint density at radius 2 is 2.11 bits per heavy atom. The summed E-state index contributed by atoms with van der Waals surface area (Å²) in [5, 5.41) is 0.318. The summed E-state index contributed by atoms with van der Waals surface area (Å²) in [6.07, 6.45) is 2.80. The maximum Gasteiger partial charge on any atom is 0.311 e. The van der Waals surface area contributed by atoms with Gasteiger partial charge in [0.25, 0.3) is 0 Å². The first-order chi connectivity index (χ1) is 9.08. The topological polar surface area (TPSA) is 85.5 Å². The fraction of sp³-hybridized carbons (Fsp3) is 0.417. The highest BCUT2D eigenvalue weighted by atomic mass is 35.5. The lowest BCUT2D eigenvalue weighted by atomic mass is 10.1. The van der Waals surface area contributed by atoms with Crippen LogP contribution in [0.3, 0.4) is 0 Å². The number of halogens is 1. The van der Waals surface area contributed by atoms with Gasteiger partial charge in [-0.1, -0.05) is 11.6 Å². The summed E-state index contributed by atoms with van der Waals surface area (Å²) in [7, 11) is 0. The normalized spacial score (nSPS) is 16.2. The van der Waals surface area contributed by atoms with Crippen molar-refractivity contribution in [2.45, 2.75) is 18.9 Å². The Kier molecular flexibility index (Phi) is 4.21. The number of aromatic nitrogens is 1. The van der Waals surface area contributed by atoms with Crippen LogP contribution in [-0.2, 0) is 9.59 Å². The van der Waals surface area contributed by atoms with Gasteiger partial charge in [-0.2, -0.15) is 0 Å². The van der Waals surface area contributed by atoms with Gasteiger partial charge >= 0.3 is 11.8 Å². The van der Waals surface area contributed by atoms with Gasteiger partial charge in [-0.15, -0.1) is 0 Å². The standard InChI is InChI=1S/C12H14ClN3O3/c13-10-9(2-1-5-15-10)19-8-3-6-16(7-4-8)12(18)11(14)17/h1-2,5,8H,3-4,6-7H2,(H2,14,17).